The lowest BCUT2D eigenvalue weighted by atomic mass is 10.2. The van der Waals surface area contributed by atoms with E-state index in [2.05, 4.69) is 21.5 Å². The quantitative estimate of drug-likeness (QED) is 0.532. The van der Waals surface area contributed by atoms with Crippen LogP contribution >= 0.6 is 23.4 Å². The molecule has 0 radical (unpaired) electrons. The first kappa shape index (κ1) is 15.9. The fraction of sp³-hybridized carbons (Fsp3) is 0.733. The predicted molar refractivity (Wildman–Crippen MR) is 89.1 cm³/mol. The zero-order chi connectivity index (χ0) is 14.4. The molecular weight excluding hydrogens is 290 g/mol. The number of hydrogen-bond acceptors (Lipinski definition) is 4. The number of thioether (sulfide) groups is 1. The molecule has 1 heterocycles. The Labute approximate surface area is 131 Å². The van der Waals surface area contributed by atoms with Crippen molar-refractivity contribution in [2.75, 3.05) is 23.9 Å². The predicted octanol–water partition coefficient (Wildman–Crippen LogP) is 4.65. The van der Waals surface area contributed by atoms with Crippen molar-refractivity contribution in [2.24, 2.45) is 0 Å². The highest BCUT2D eigenvalue weighted by Crippen LogP contribution is 2.39. The van der Waals surface area contributed by atoms with Crippen molar-refractivity contribution in [2.45, 2.75) is 51.4 Å². The van der Waals surface area contributed by atoms with Crippen molar-refractivity contribution in [1.29, 1.82) is 0 Å². The molecule has 2 rings (SSSR count). The summed E-state index contributed by atoms with van der Waals surface area (Å²) in [5.74, 6) is 3.66. The summed E-state index contributed by atoms with van der Waals surface area (Å²) in [6.45, 7) is 2.96. The van der Waals surface area contributed by atoms with Crippen molar-refractivity contribution in [3.05, 3.63) is 16.5 Å². The maximum Gasteiger partial charge on any atom is 0.137 e. The summed E-state index contributed by atoms with van der Waals surface area (Å²) in [5.41, 5.74) is 0.971. The summed E-state index contributed by atoms with van der Waals surface area (Å²) in [6.07, 6.45) is 9.68. The minimum atomic E-state index is 0.542. The largest absolute Gasteiger partial charge is 0.370 e. The third-order valence-corrected chi connectivity index (χ3v) is 4.68. The van der Waals surface area contributed by atoms with Gasteiger partial charge in [-0.3, -0.25) is 0 Å². The van der Waals surface area contributed by atoms with Gasteiger partial charge < -0.3 is 5.32 Å². The van der Waals surface area contributed by atoms with Crippen LogP contribution in [0.2, 0.25) is 5.15 Å². The normalized spacial score (nSPS) is 14.6. The maximum absolute atomic E-state index is 6.19. The molecular formula is C15H24ClN3S. The van der Waals surface area contributed by atoms with Gasteiger partial charge in [0.2, 0.25) is 0 Å². The average Bonchev–Trinajstić information content (AvgIpc) is 3.26. The van der Waals surface area contributed by atoms with E-state index in [4.69, 9.17) is 11.6 Å². The van der Waals surface area contributed by atoms with Crippen LogP contribution in [0.15, 0.2) is 0 Å². The molecule has 0 unspecified atom stereocenters. The number of nitrogens with zero attached hydrogens (tertiary/aromatic N) is 2. The molecule has 0 bridgehead atoms. The van der Waals surface area contributed by atoms with E-state index in [-0.39, 0.29) is 0 Å². The molecule has 0 atom stereocenters. The minimum absolute atomic E-state index is 0.542. The molecule has 1 aliphatic rings. The average molecular weight is 314 g/mol. The van der Waals surface area contributed by atoms with Crippen LogP contribution in [-0.2, 0) is 0 Å². The third kappa shape index (κ3) is 4.81. The Bertz CT molecular complexity index is 435. The summed E-state index contributed by atoms with van der Waals surface area (Å²) in [4.78, 5) is 9.02. The van der Waals surface area contributed by atoms with Crippen LogP contribution in [0.3, 0.4) is 0 Å². The van der Waals surface area contributed by atoms with Crippen LogP contribution in [0.4, 0.5) is 5.82 Å². The van der Waals surface area contributed by atoms with Gasteiger partial charge in [0.25, 0.3) is 0 Å². The van der Waals surface area contributed by atoms with Crippen molar-refractivity contribution in [3.8, 4) is 0 Å². The molecule has 1 fully saturated rings. The molecule has 112 valence electrons. The van der Waals surface area contributed by atoms with E-state index in [1.54, 1.807) is 0 Å². The fourth-order valence-electron chi connectivity index (χ4n) is 2.13. The number of rotatable bonds is 9. The molecule has 1 aromatic heterocycles. The highest BCUT2D eigenvalue weighted by Gasteiger charge is 2.27. The first-order chi connectivity index (χ1) is 9.72. The van der Waals surface area contributed by atoms with E-state index < -0.39 is 0 Å². The van der Waals surface area contributed by atoms with Gasteiger partial charge in [-0.1, -0.05) is 24.4 Å². The molecule has 5 heteroatoms. The molecule has 0 amide bonds. The lowest BCUT2D eigenvalue weighted by Crippen LogP contribution is -2.08. The van der Waals surface area contributed by atoms with Crippen LogP contribution in [-0.4, -0.2) is 28.5 Å². The molecule has 0 spiro atoms. The fourth-order valence-corrected chi connectivity index (χ4v) is 2.80. The maximum atomic E-state index is 6.19. The Morgan fingerprint density at radius 1 is 1.20 bits per heavy atom. The van der Waals surface area contributed by atoms with Gasteiger partial charge in [0, 0.05) is 18.0 Å². The Kier molecular flexibility index (Phi) is 6.43. The van der Waals surface area contributed by atoms with Gasteiger partial charge >= 0.3 is 0 Å². The van der Waals surface area contributed by atoms with Gasteiger partial charge in [0.05, 0.1) is 0 Å². The molecule has 1 aromatic rings. The third-order valence-electron chi connectivity index (χ3n) is 3.61. The van der Waals surface area contributed by atoms with Crippen molar-refractivity contribution in [3.63, 3.8) is 0 Å². The SMILES string of the molecule is CSCCCCCCNc1nc(C2CC2)nc(Cl)c1C. The molecule has 0 saturated heterocycles. The van der Waals surface area contributed by atoms with Crippen molar-refractivity contribution < 1.29 is 0 Å². The van der Waals surface area contributed by atoms with Gasteiger partial charge in [-0.15, -0.1) is 0 Å². The lowest BCUT2D eigenvalue weighted by molar-refractivity contribution is 0.687. The van der Waals surface area contributed by atoms with Crippen LogP contribution in [0.1, 0.15) is 55.8 Å². The Morgan fingerprint density at radius 3 is 2.65 bits per heavy atom. The number of aromatic nitrogens is 2. The van der Waals surface area contributed by atoms with E-state index in [1.807, 2.05) is 18.7 Å². The number of anilines is 1. The number of unbranched alkanes of at least 4 members (excludes halogenated alkanes) is 3. The molecule has 0 aromatic carbocycles. The smallest absolute Gasteiger partial charge is 0.137 e. The van der Waals surface area contributed by atoms with Crippen LogP contribution in [0, 0.1) is 6.92 Å². The van der Waals surface area contributed by atoms with E-state index in [0.717, 1.165) is 23.8 Å². The molecule has 20 heavy (non-hydrogen) atoms. The van der Waals surface area contributed by atoms with Crippen LogP contribution < -0.4 is 5.32 Å². The van der Waals surface area contributed by atoms with E-state index in [1.165, 1.54) is 44.3 Å². The number of hydrogen-bond donors (Lipinski definition) is 1. The summed E-state index contributed by atoms with van der Waals surface area (Å²) >= 11 is 8.12. The molecule has 1 N–H and O–H groups in total. The first-order valence-electron chi connectivity index (χ1n) is 7.49. The second-order valence-electron chi connectivity index (χ2n) is 5.45. The first-order valence-corrected chi connectivity index (χ1v) is 9.26. The topological polar surface area (TPSA) is 37.8 Å². The Balaban J connectivity index is 1.77. The van der Waals surface area contributed by atoms with Gasteiger partial charge in [0.1, 0.15) is 16.8 Å². The highest BCUT2D eigenvalue weighted by atomic mass is 35.5. The monoisotopic (exact) mass is 313 g/mol. The molecule has 1 aliphatic carbocycles. The summed E-state index contributed by atoms with van der Waals surface area (Å²) < 4.78 is 0. The minimum Gasteiger partial charge on any atom is -0.370 e. The second-order valence-corrected chi connectivity index (χ2v) is 6.80. The van der Waals surface area contributed by atoms with E-state index in [0.29, 0.717) is 11.1 Å². The zero-order valence-corrected chi connectivity index (χ0v) is 14.0. The van der Waals surface area contributed by atoms with Crippen LogP contribution in [0.5, 0.6) is 0 Å². The van der Waals surface area contributed by atoms with Crippen LogP contribution in [0.25, 0.3) is 0 Å². The number of halogens is 1. The molecule has 0 aliphatic heterocycles. The van der Waals surface area contributed by atoms with E-state index in [9.17, 15) is 0 Å². The lowest BCUT2D eigenvalue weighted by Gasteiger charge is -2.11. The van der Waals surface area contributed by atoms with E-state index >= 15 is 0 Å². The summed E-state index contributed by atoms with van der Waals surface area (Å²) in [6, 6.07) is 0. The zero-order valence-electron chi connectivity index (χ0n) is 12.4. The summed E-state index contributed by atoms with van der Waals surface area (Å²) in [7, 11) is 0. The Hall–Kier alpha value is -0.480. The van der Waals surface area contributed by atoms with Gasteiger partial charge in [-0.05, 0) is 44.6 Å². The van der Waals surface area contributed by atoms with Crippen molar-refractivity contribution >= 4 is 29.2 Å². The van der Waals surface area contributed by atoms with Gasteiger partial charge in [-0.2, -0.15) is 11.8 Å². The van der Waals surface area contributed by atoms with Gasteiger partial charge in [-0.25, -0.2) is 9.97 Å². The molecule has 1 saturated carbocycles. The molecule has 3 nitrogen and oxygen atoms in total. The van der Waals surface area contributed by atoms with Crippen molar-refractivity contribution in [1.82, 2.24) is 9.97 Å². The Morgan fingerprint density at radius 2 is 1.95 bits per heavy atom. The summed E-state index contributed by atoms with van der Waals surface area (Å²) in [5, 5.41) is 4.03. The second kappa shape index (κ2) is 8.08. The standard InChI is InChI=1S/C15H24ClN3S/c1-11-13(16)18-15(12-7-8-12)19-14(11)17-9-5-3-4-6-10-20-2/h12H,3-10H2,1-2H3,(H,17,18,19). The van der Waals surface area contributed by atoms with Gasteiger partial charge in [0.15, 0.2) is 0 Å². The highest BCUT2D eigenvalue weighted by molar-refractivity contribution is 7.98. The number of nitrogens with one attached hydrogen (secondary N) is 1.